The fourth-order valence-corrected chi connectivity index (χ4v) is 4.26. The van der Waals surface area contributed by atoms with Crippen molar-refractivity contribution in [3.63, 3.8) is 0 Å². The number of aromatic nitrogens is 4. The topological polar surface area (TPSA) is 112 Å². The number of anilines is 2. The highest BCUT2D eigenvalue weighted by atomic mass is 32.2. The lowest BCUT2D eigenvalue weighted by molar-refractivity contribution is 0.414. The van der Waals surface area contributed by atoms with E-state index in [1.165, 1.54) is 4.57 Å². The molecule has 2 N–H and O–H groups in total. The van der Waals surface area contributed by atoms with E-state index in [0.29, 0.717) is 18.0 Å². The normalized spacial score (nSPS) is 10.7. The number of rotatable bonds is 13. The summed E-state index contributed by atoms with van der Waals surface area (Å²) in [7, 11) is 3.19. The van der Waals surface area contributed by atoms with Gasteiger partial charge in [-0.25, -0.2) is 19.1 Å². The van der Waals surface area contributed by atoms with Gasteiger partial charge in [0.25, 0.3) is 0 Å². The maximum atomic E-state index is 13.7. The maximum Gasteiger partial charge on any atom is 0.355 e. The molecule has 39 heavy (non-hydrogen) atoms. The zero-order valence-electron chi connectivity index (χ0n) is 22.2. The van der Waals surface area contributed by atoms with E-state index in [0.717, 1.165) is 39.4 Å². The molecule has 0 atom stereocenters. The third kappa shape index (κ3) is 7.20. The fraction of sp³-hybridized carbons (Fsp3) is 0.286. The average Bonchev–Trinajstić information content (AvgIpc) is 2.97. The Balaban J connectivity index is 1.67. The third-order valence-electron chi connectivity index (χ3n) is 6.08. The van der Waals surface area contributed by atoms with Gasteiger partial charge in [0.2, 0.25) is 5.95 Å². The van der Waals surface area contributed by atoms with Gasteiger partial charge in [0.15, 0.2) is 0 Å². The molecule has 0 amide bonds. The minimum Gasteiger partial charge on any atom is -0.497 e. The zero-order valence-corrected chi connectivity index (χ0v) is 23.0. The number of hydrogen-bond donors (Lipinski definition) is 2. The Morgan fingerprint density at radius 2 is 1.46 bits per heavy atom. The highest BCUT2D eigenvalue weighted by Gasteiger charge is 2.15. The van der Waals surface area contributed by atoms with Crippen molar-refractivity contribution in [1.29, 1.82) is 0 Å². The summed E-state index contributed by atoms with van der Waals surface area (Å²) >= 11 is 1.74. The fourth-order valence-electron chi connectivity index (χ4n) is 3.96. The molecule has 11 heteroatoms. The molecule has 0 spiro atoms. The first-order valence-electron chi connectivity index (χ1n) is 12.4. The SMILES string of the molecule is COc1ccc(Cn2c(NCc3cccnc3NCCSC)nc(=O)n(Cc3ccc(OC)cc3)c2=O)cc1. The quantitative estimate of drug-likeness (QED) is 0.243. The van der Waals surface area contributed by atoms with E-state index in [1.807, 2.05) is 54.8 Å². The number of benzene rings is 2. The van der Waals surface area contributed by atoms with Crippen LogP contribution in [-0.4, -0.2) is 51.9 Å². The van der Waals surface area contributed by atoms with Crippen molar-refractivity contribution >= 4 is 23.5 Å². The van der Waals surface area contributed by atoms with Gasteiger partial charge in [-0.2, -0.15) is 16.7 Å². The molecule has 0 aliphatic heterocycles. The number of ether oxygens (including phenoxy) is 2. The lowest BCUT2D eigenvalue weighted by atomic mass is 10.2. The number of nitrogens with zero attached hydrogens (tertiary/aromatic N) is 4. The monoisotopic (exact) mass is 548 g/mol. The molecule has 2 aromatic heterocycles. The van der Waals surface area contributed by atoms with Crippen molar-refractivity contribution in [1.82, 2.24) is 19.1 Å². The lowest BCUT2D eigenvalue weighted by Crippen LogP contribution is -2.43. The van der Waals surface area contributed by atoms with Gasteiger partial charge in [-0.3, -0.25) is 4.57 Å². The molecule has 2 aromatic carbocycles. The van der Waals surface area contributed by atoms with Crippen LogP contribution in [0.5, 0.6) is 11.5 Å². The van der Waals surface area contributed by atoms with Crippen LogP contribution in [0.25, 0.3) is 0 Å². The van der Waals surface area contributed by atoms with Crippen molar-refractivity contribution in [2.24, 2.45) is 0 Å². The molecular formula is C28H32N6O4S. The molecule has 10 nitrogen and oxygen atoms in total. The maximum absolute atomic E-state index is 13.7. The molecule has 0 bridgehead atoms. The Kier molecular flexibility index (Phi) is 9.63. The first-order valence-corrected chi connectivity index (χ1v) is 13.8. The smallest absolute Gasteiger partial charge is 0.355 e. The first-order chi connectivity index (χ1) is 19.0. The van der Waals surface area contributed by atoms with E-state index < -0.39 is 11.4 Å². The van der Waals surface area contributed by atoms with Gasteiger partial charge in [-0.05, 0) is 47.7 Å². The largest absolute Gasteiger partial charge is 0.497 e. The Labute approximate surface area is 231 Å². The Morgan fingerprint density at radius 3 is 2.05 bits per heavy atom. The van der Waals surface area contributed by atoms with Gasteiger partial charge < -0.3 is 20.1 Å². The van der Waals surface area contributed by atoms with Crippen LogP contribution in [0, 0.1) is 0 Å². The van der Waals surface area contributed by atoms with E-state index in [9.17, 15) is 9.59 Å². The van der Waals surface area contributed by atoms with Crippen LogP contribution < -0.4 is 31.5 Å². The van der Waals surface area contributed by atoms with Crippen LogP contribution in [0.15, 0.2) is 76.4 Å². The number of hydrogen-bond acceptors (Lipinski definition) is 9. The second-order valence-corrected chi connectivity index (χ2v) is 9.64. The van der Waals surface area contributed by atoms with E-state index in [2.05, 4.69) is 20.6 Å². The van der Waals surface area contributed by atoms with E-state index in [1.54, 1.807) is 44.3 Å². The number of methoxy groups -OCH3 is 2. The van der Waals surface area contributed by atoms with Crippen LogP contribution in [0.2, 0.25) is 0 Å². The van der Waals surface area contributed by atoms with Gasteiger partial charge >= 0.3 is 11.4 Å². The summed E-state index contributed by atoms with van der Waals surface area (Å²) in [6.07, 6.45) is 3.77. The number of pyridine rings is 1. The number of nitrogens with one attached hydrogen (secondary N) is 2. The Morgan fingerprint density at radius 1 is 0.846 bits per heavy atom. The number of thioether (sulfide) groups is 1. The first kappa shape index (κ1) is 27.8. The van der Waals surface area contributed by atoms with Crippen LogP contribution >= 0.6 is 11.8 Å². The lowest BCUT2D eigenvalue weighted by Gasteiger charge is -2.17. The molecule has 2 heterocycles. The van der Waals surface area contributed by atoms with Gasteiger partial charge in [0, 0.05) is 30.6 Å². The molecular weight excluding hydrogens is 516 g/mol. The van der Waals surface area contributed by atoms with Crippen molar-refractivity contribution in [2.45, 2.75) is 19.6 Å². The molecule has 4 aromatic rings. The van der Waals surface area contributed by atoms with Crippen LogP contribution in [0.3, 0.4) is 0 Å². The second-order valence-electron chi connectivity index (χ2n) is 8.65. The predicted octanol–water partition coefficient (Wildman–Crippen LogP) is 3.30. The van der Waals surface area contributed by atoms with Crippen LogP contribution in [-0.2, 0) is 19.6 Å². The standard InChI is InChI=1S/C28H32N6O4S/c1-37-23-10-6-20(7-11-23)18-33-26(31-17-22-5-4-14-29-25(22)30-15-16-39-3)32-27(35)34(28(33)36)19-21-8-12-24(38-2)13-9-21/h4-14H,15-19H2,1-3H3,(H,29,30)(H,31,32,35). The summed E-state index contributed by atoms with van der Waals surface area (Å²) in [6.45, 7) is 1.40. The Hall–Kier alpha value is -4.25. The summed E-state index contributed by atoms with van der Waals surface area (Å²) in [4.78, 5) is 35.5. The highest BCUT2D eigenvalue weighted by Crippen LogP contribution is 2.16. The molecule has 0 saturated heterocycles. The molecule has 0 fully saturated rings. The third-order valence-corrected chi connectivity index (χ3v) is 6.69. The molecule has 0 aliphatic rings. The minimum absolute atomic E-state index is 0.0870. The summed E-state index contributed by atoms with van der Waals surface area (Å²) in [5, 5.41) is 6.54. The molecule has 0 saturated carbocycles. The van der Waals surface area contributed by atoms with Gasteiger partial charge in [-0.1, -0.05) is 30.3 Å². The highest BCUT2D eigenvalue weighted by molar-refractivity contribution is 7.98. The Bertz CT molecular complexity index is 1490. The molecule has 0 aliphatic carbocycles. The minimum atomic E-state index is -0.631. The van der Waals surface area contributed by atoms with E-state index in [-0.39, 0.29) is 19.0 Å². The molecule has 0 radical (unpaired) electrons. The average molecular weight is 549 g/mol. The summed E-state index contributed by atoms with van der Waals surface area (Å²) < 4.78 is 13.1. The van der Waals surface area contributed by atoms with Crippen molar-refractivity contribution in [3.05, 3.63) is 105 Å². The van der Waals surface area contributed by atoms with Crippen molar-refractivity contribution in [2.75, 3.05) is 43.4 Å². The van der Waals surface area contributed by atoms with E-state index >= 15 is 0 Å². The second kappa shape index (κ2) is 13.5. The van der Waals surface area contributed by atoms with Crippen molar-refractivity contribution in [3.8, 4) is 11.5 Å². The zero-order chi connectivity index (χ0) is 27.6. The van der Waals surface area contributed by atoms with Gasteiger partial charge in [-0.15, -0.1) is 0 Å². The van der Waals surface area contributed by atoms with Gasteiger partial charge in [0.1, 0.15) is 17.3 Å². The summed E-state index contributed by atoms with van der Waals surface area (Å²) in [5.74, 6) is 3.28. The van der Waals surface area contributed by atoms with Gasteiger partial charge in [0.05, 0.1) is 27.3 Å². The van der Waals surface area contributed by atoms with Crippen LogP contribution in [0.1, 0.15) is 16.7 Å². The summed E-state index contributed by atoms with van der Waals surface area (Å²) in [5.41, 5.74) is 1.44. The molecule has 0 unspecified atom stereocenters. The molecule has 4 rings (SSSR count). The van der Waals surface area contributed by atoms with Crippen molar-refractivity contribution < 1.29 is 9.47 Å². The predicted molar refractivity (Wildman–Crippen MR) is 155 cm³/mol. The molecule has 204 valence electrons. The van der Waals surface area contributed by atoms with Crippen LogP contribution in [0.4, 0.5) is 11.8 Å². The van der Waals surface area contributed by atoms with E-state index in [4.69, 9.17) is 9.47 Å². The summed E-state index contributed by atoms with van der Waals surface area (Å²) in [6, 6.07) is 18.4.